The summed E-state index contributed by atoms with van der Waals surface area (Å²) in [5.41, 5.74) is 1.08. The van der Waals surface area contributed by atoms with Crippen LogP contribution in [0.5, 0.6) is 5.75 Å². The Morgan fingerprint density at radius 2 is 2.16 bits per heavy atom. The van der Waals surface area contributed by atoms with Crippen LogP contribution >= 0.6 is 0 Å². The Kier molecular flexibility index (Phi) is 4.80. The van der Waals surface area contributed by atoms with Gasteiger partial charge < -0.3 is 15.3 Å². The van der Waals surface area contributed by atoms with Gasteiger partial charge in [-0.25, -0.2) is 0 Å². The average molecular weight is 262 g/mol. The summed E-state index contributed by atoms with van der Waals surface area (Å²) in [6.07, 6.45) is 1.65. The van der Waals surface area contributed by atoms with Crippen LogP contribution in [0.2, 0.25) is 0 Å². The van der Waals surface area contributed by atoms with Crippen LogP contribution in [0, 0.1) is 5.92 Å². The van der Waals surface area contributed by atoms with E-state index in [1.165, 1.54) is 0 Å². The van der Waals surface area contributed by atoms with Gasteiger partial charge in [0.2, 0.25) is 5.91 Å². The van der Waals surface area contributed by atoms with Gasteiger partial charge in [0, 0.05) is 32.1 Å². The van der Waals surface area contributed by atoms with Crippen molar-refractivity contribution in [1.82, 2.24) is 10.2 Å². The number of phenolic OH excluding ortho intramolecular Hbond substituents is 1. The van der Waals surface area contributed by atoms with Crippen molar-refractivity contribution in [2.75, 3.05) is 26.2 Å². The Morgan fingerprint density at radius 1 is 1.42 bits per heavy atom. The third kappa shape index (κ3) is 3.96. The van der Waals surface area contributed by atoms with E-state index in [-0.39, 0.29) is 11.8 Å². The fraction of sp³-hybridized carbons (Fsp3) is 0.533. The number of amides is 1. The molecule has 0 radical (unpaired) electrons. The van der Waals surface area contributed by atoms with Crippen molar-refractivity contribution >= 4 is 5.91 Å². The van der Waals surface area contributed by atoms with Gasteiger partial charge in [-0.3, -0.25) is 4.79 Å². The molecule has 1 atom stereocenters. The second-order valence-corrected chi connectivity index (χ2v) is 5.18. The maximum absolute atomic E-state index is 12.2. The molecule has 0 bridgehead atoms. The number of carbonyl (C=O) groups is 1. The van der Waals surface area contributed by atoms with Gasteiger partial charge in [0.1, 0.15) is 5.75 Å². The second-order valence-electron chi connectivity index (χ2n) is 5.18. The zero-order valence-corrected chi connectivity index (χ0v) is 11.4. The topological polar surface area (TPSA) is 52.6 Å². The van der Waals surface area contributed by atoms with Crippen molar-refractivity contribution < 1.29 is 9.90 Å². The van der Waals surface area contributed by atoms with E-state index in [0.717, 1.165) is 44.6 Å². The number of benzene rings is 1. The van der Waals surface area contributed by atoms with Crippen LogP contribution in [0.15, 0.2) is 24.3 Å². The van der Waals surface area contributed by atoms with Crippen LogP contribution in [0.1, 0.15) is 18.9 Å². The summed E-state index contributed by atoms with van der Waals surface area (Å²) in [6, 6.07) is 7.26. The highest BCUT2D eigenvalue weighted by Crippen LogP contribution is 2.16. The van der Waals surface area contributed by atoms with E-state index in [4.69, 9.17) is 0 Å². The van der Waals surface area contributed by atoms with Crippen LogP contribution in [0.4, 0.5) is 0 Å². The Bertz CT molecular complexity index is 428. The number of nitrogens with zero attached hydrogens (tertiary/aromatic N) is 1. The Labute approximate surface area is 114 Å². The zero-order valence-electron chi connectivity index (χ0n) is 11.4. The first-order valence-corrected chi connectivity index (χ1v) is 6.94. The van der Waals surface area contributed by atoms with Crippen molar-refractivity contribution in [3.63, 3.8) is 0 Å². The zero-order chi connectivity index (χ0) is 13.7. The lowest BCUT2D eigenvalue weighted by molar-refractivity contribution is -0.135. The minimum absolute atomic E-state index is 0.0421. The number of piperazine rings is 1. The third-order valence-corrected chi connectivity index (χ3v) is 3.63. The molecule has 1 saturated heterocycles. The predicted octanol–water partition coefficient (Wildman–Crippen LogP) is 1.39. The molecule has 1 unspecified atom stereocenters. The molecule has 1 aromatic rings. The van der Waals surface area contributed by atoms with E-state index in [2.05, 4.69) is 5.32 Å². The fourth-order valence-corrected chi connectivity index (χ4v) is 2.42. The van der Waals surface area contributed by atoms with E-state index >= 15 is 0 Å². The van der Waals surface area contributed by atoms with Gasteiger partial charge in [0.15, 0.2) is 0 Å². The minimum Gasteiger partial charge on any atom is -0.508 e. The molecule has 0 saturated carbocycles. The number of aryl methyl sites for hydroxylation is 1. The second kappa shape index (κ2) is 6.57. The van der Waals surface area contributed by atoms with Gasteiger partial charge in [0.25, 0.3) is 0 Å². The van der Waals surface area contributed by atoms with Crippen LogP contribution in [-0.4, -0.2) is 42.1 Å². The van der Waals surface area contributed by atoms with Gasteiger partial charge in [-0.1, -0.05) is 19.1 Å². The average Bonchev–Trinajstić information content (AvgIpc) is 2.45. The molecule has 2 rings (SSSR count). The van der Waals surface area contributed by atoms with Crippen molar-refractivity contribution in [3.8, 4) is 5.75 Å². The molecule has 2 N–H and O–H groups in total. The maximum atomic E-state index is 12.2. The van der Waals surface area contributed by atoms with Gasteiger partial charge in [0.05, 0.1) is 0 Å². The van der Waals surface area contributed by atoms with Crippen LogP contribution < -0.4 is 5.32 Å². The lowest BCUT2D eigenvalue weighted by Crippen LogP contribution is -2.48. The smallest absolute Gasteiger partial charge is 0.225 e. The summed E-state index contributed by atoms with van der Waals surface area (Å²) in [7, 11) is 0. The number of aromatic hydroxyl groups is 1. The van der Waals surface area contributed by atoms with Crippen molar-refractivity contribution in [1.29, 1.82) is 0 Å². The summed E-state index contributed by atoms with van der Waals surface area (Å²) < 4.78 is 0. The largest absolute Gasteiger partial charge is 0.508 e. The molecule has 1 fully saturated rings. The molecule has 0 aliphatic carbocycles. The molecule has 0 aromatic heterocycles. The number of hydrogen-bond donors (Lipinski definition) is 2. The molecule has 1 aromatic carbocycles. The maximum Gasteiger partial charge on any atom is 0.225 e. The third-order valence-electron chi connectivity index (χ3n) is 3.63. The lowest BCUT2D eigenvalue weighted by atomic mass is 9.99. The quantitative estimate of drug-likeness (QED) is 0.862. The SMILES string of the molecule is CC(CCc1cccc(O)c1)C(=O)N1CCNCC1. The van der Waals surface area contributed by atoms with Crippen molar-refractivity contribution in [2.45, 2.75) is 19.8 Å². The highest BCUT2D eigenvalue weighted by Gasteiger charge is 2.21. The molecule has 1 amide bonds. The summed E-state index contributed by atoms with van der Waals surface area (Å²) >= 11 is 0. The molecular weight excluding hydrogens is 240 g/mol. The molecule has 4 nitrogen and oxygen atoms in total. The summed E-state index contributed by atoms with van der Waals surface area (Å²) in [4.78, 5) is 14.2. The normalized spacial score (nSPS) is 17.2. The van der Waals surface area contributed by atoms with Crippen LogP contribution in [0.3, 0.4) is 0 Å². The highest BCUT2D eigenvalue weighted by molar-refractivity contribution is 5.78. The van der Waals surface area contributed by atoms with E-state index in [9.17, 15) is 9.90 Å². The molecule has 1 aliphatic rings. The van der Waals surface area contributed by atoms with Gasteiger partial charge in [-0.2, -0.15) is 0 Å². The Balaban J connectivity index is 1.83. The van der Waals surface area contributed by atoms with Gasteiger partial charge in [-0.15, -0.1) is 0 Å². The fourth-order valence-electron chi connectivity index (χ4n) is 2.42. The predicted molar refractivity (Wildman–Crippen MR) is 75.0 cm³/mol. The monoisotopic (exact) mass is 262 g/mol. The molecule has 0 spiro atoms. The van der Waals surface area contributed by atoms with E-state index < -0.39 is 0 Å². The molecule has 4 heteroatoms. The van der Waals surface area contributed by atoms with Crippen molar-refractivity contribution in [3.05, 3.63) is 29.8 Å². The number of nitrogens with one attached hydrogen (secondary N) is 1. The molecule has 1 heterocycles. The summed E-state index contributed by atoms with van der Waals surface area (Å²) in [5, 5.41) is 12.7. The standard InChI is InChI=1S/C15H22N2O2/c1-12(15(19)17-9-7-16-8-10-17)5-6-13-3-2-4-14(18)11-13/h2-4,11-12,16,18H,5-10H2,1H3. The number of rotatable bonds is 4. The van der Waals surface area contributed by atoms with E-state index in [1.54, 1.807) is 12.1 Å². The first-order chi connectivity index (χ1) is 9.16. The molecule has 1 aliphatic heterocycles. The number of hydrogen-bond acceptors (Lipinski definition) is 3. The first-order valence-electron chi connectivity index (χ1n) is 6.94. The summed E-state index contributed by atoms with van der Waals surface area (Å²) in [5.74, 6) is 0.584. The number of carbonyl (C=O) groups excluding carboxylic acids is 1. The number of phenols is 1. The molecular formula is C15H22N2O2. The van der Waals surface area contributed by atoms with E-state index in [1.807, 2.05) is 24.0 Å². The van der Waals surface area contributed by atoms with E-state index in [0.29, 0.717) is 5.75 Å². The van der Waals surface area contributed by atoms with Gasteiger partial charge in [-0.05, 0) is 30.5 Å². The highest BCUT2D eigenvalue weighted by atomic mass is 16.3. The molecule has 104 valence electrons. The Hall–Kier alpha value is -1.55. The summed E-state index contributed by atoms with van der Waals surface area (Å²) in [6.45, 7) is 5.41. The lowest BCUT2D eigenvalue weighted by Gasteiger charge is -2.29. The van der Waals surface area contributed by atoms with Crippen LogP contribution in [0.25, 0.3) is 0 Å². The van der Waals surface area contributed by atoms with Crippen LogP contribution in [-0.2, 0) is 11.2 Å². The van der Waals surface area contributed by atoms with Crippen molar-refractivity contribution in [2.24, 2.45) is 5.92 Å². The first kappa shape index (κ1) is 13.9. The Morgan fingerprint density at radius 3 is 2.84 bits per heavy atom. The minimum atomic E-state index is 0.0421. The molecule has 19 heavy (non-hydrogen) atoms. The van der Waals surface area contributed by atoms with Gasteiger partial charge >= 0.3 is 0 Å².